The molecule has 2 fully saturated rings. The predicted molar refractivity (Wildman–Crippen MR) is 71.6 cm³/mol. The minimum Gasteiger partial charge on any atom is -0.346 e. The largest absolute Gasteiger partial charge is 0.346 e. The Hall–Kier alpha value is -1.19. The van der Waals surface area contributed by atoms with Gasteiger partial charge >= 0.3 is 0 Å². The maximum absolute atomic E-state index is 12.1. The summed E-state index contributed by atoms with van der Waals surface area (Å²) in [5, 5.41) is 0. The lowest BCUT2D eigenvalue weighted by Crippen LogP contribution is -2.48. The summed E-state index contributed by atoms with van der Waals surface area (Å²) in [6.07, 6.45) is 3.82. The lowest BCUT2D eigenvalue weighted by Gasteiger charge is -2.44. The average Bonchev–Trinajstić information content (AvgIpc) is 2.38. The highest BCUT2D eigenvalue weighted by atomic mass is 16.7. The fourth-order valence-electron chi connectivity index (χ4n) is 3.14. The van der Waals surface area contributed by atoms with Gasteiger partial charge in [-0.05, 0) is 25.3 Å². The van der Waals surface area contributed by atoms with Crippen LogP contribution >= 0.6 is 0 Å². The molecule has 0 saturated carbocycles. The fraction of sp³-hybridized carbons (Fsp3) is 0.562. The van der Waals surface area contributed by atoms with Gasteiger partial charge in [-0.1, -0.05) is 30.3 Å². The molecule has 1 spiro atoms. The normalized spacial score (nSPS) is 35.5. The summed E-state index contributed by atoms with van der Waals surface area (Å²) in [6.45, 7) is 2.06. The van der Waals surface area contributed by atoms with Crippen LogP contribution in [0.25, 0.3) is 0 Å². The quantitative estimate of drug-likeness (QED) is 0.776. The topological polar surface area (TPSA) is 35.5 Å². The fourth-order valence-corrected chi connectivity index (χ4v) is 3.14. The van der Waals surface area contributed by atoms with E-state index >= 15 is 0 Å². The van der Waals surface area contributed by atoms with E-state index in [4.69, 9.17) is 9.47 Å². The van der Waals surface area contributed by atoms with Gasteiger partial charge in [0.1, 0.15) is 5.78 Å². The van der Waals surface area contributed by atoms with E-state index in [1.807, 2.05) is 30.3 Å². The van der Waals surface area contributed by atoms with Gasteiger partial charge in [0.25, 0.3) is 0 Å². The van der Waals surface area contributed by atoms with Crippen LogP contribution in [0.1, 0.15) is 50.7 Å². The standard InChI is InChI=1S/C16H20O3/c1-12-6-5-9-16(18-12)11-14(17)10-15(19-16)13-7-3-2-4-8-13/h2-4,7-8,12,15H,5-6,9-11H2,1H3/t12-,15+,16+/m1/s1. The molecule has 3 heteroatoms. The number of ketones is 1. The van der Waals surface area contributed by atoms with Crippen molar-refractivity contribution in [3.63, 3.8) is 0 Å². The summed E-state index contributed by atoms with van der Waals surface area (Å²) in [5.74, 6) is -0.428. The Bertz CT molecular complexity index is 456. The monoisotopic (exact) mass is 260 g/mol. The molecule has 3 atom stereocenters. The molecule has 102 valence electrons. The van der Waals surface area contributed by atoms with Crippen molar-refractivity contribution in [2.75, 3.05) is 0 Å². The van der Waals surface area contributed by atoms with Crippen LogP contribution in [0, 0.1) is 0 Å². The van der Waals surface area contributed by atoms with Gasteiger partial charge in [-0.3, -0.25) is 4.79 Å². The van der Waals surface area contributed by atoms with Gasteiger partial charge in [0.05, 0.1) is 18.6 Å². The van der Waals surface area contributed by atoms with Crippen molar-refractivity contribution in [3.05, 3.63) is 35.9 Å². The number of benzene rings is 1. The molecule has 1 aromatic rings. The molecule has 0 amide bonds. The van der Waals surface area contributed by atoms with E-state index in [1.165, 1.54) is 0 Å². The molecule has 0 bridgehead atoms. The van der Waals surface area contributed by atoms with Gasteiger partial charge in [-0.2, -0.15) is 0 Å². The number of carbonyl (C=O) groups excluding carboxylic acids is 1. The van der Waals surface area contributed by atoms with Gasteiger partial charge in [-0.15, -0.1) is 0 Å². The van der Waals surface area contributed by atoms with Crippen LogP contribution in [-0.2, 0) is 14.3 Å². The van der Waals surface area contributed by atoms with E-state index < -0.39 is 5.79 Å². The van der Waals surface area contributed by atoms with E-state index in [0.29, 0.717) is 12.8 Å². The van der Waals surface area contributed by atoms with Crippen LogP contribution in [0.4, 0.5) is 0 Å². The van der Waals surface area contributed by atoms with Crippen molar-refractivity contribution in [1.29, 1.82) is 0 Å². The Morgan fingerprint density at radius 1 is 1.21 bits per heavy atom. The Kier molecular flexibility index (Phi) is 3.42. The summed E-state index contributed by atoms with van der Waals surface area (Å²) >= 11 is 0. The molecule has 3 nitrogen and oxygen atoms in total. The lowest BCUT2D eigenvalue weighted by molar-refractivity contribution is -0.304. The van der Waals surface area contributed by atoms with Gasteiger partial charge < -0.3 is 9.47 Å². The molecule has 0 aliphatic carbocycles. The van der Waals surface area contributed by atoms with Crippen molar-refractivity contribution in [2.45, 2.75) is 57.0 Å². The third kappa shape index (κ3) is 2.72. The highest BCUT2D eigenvalue weighted by Gasteiger charge is 2.45. The van der Waals surface area contributed by atoms with Gasteiger partial charge in [0.2, 0.25) is 0 Å². The Morgan fingerprint density at radius 2 is 2.00 bits per heavy atom. The molecule has 0 aromatic heterocycles. The van der Waals surface area contributed by atoms with E-state index in [-0.39, 0.29) is 18.0 Å². The first-order chi connectivity index (χ1) is 9.17. The Balaban J connectivity index is 1.83. The van der Waals surface area contributed by atoms with Gasteiger partial charge in [0, 0.05) is 12.8 Å². The summed E-state index contributed by atoms with van der Waals surface area (Å²) in [7, 11) is 0. The minimum absolute atomic E-state index is 0.159. The number of rotatable bonds is 1. The van der Waals surface area contributed by atoms with Crippen molar-refractivity contribution in [2.24, 2.45) is 0 Å². The summed E-state index contributed by atoms with van der Waals surface area (Å²) in [5.41, 5.74) is 1.07. The third-order valence-electron chi connectivity index (χ3n) is 3.99. The summed E-state index contributed by atoms with van der Waals surface area (Å²) in [4.78, 5) is 12.1. The Labute approximate surface area is 113 Å². The van der Waals surface area contributed by atoms with E-state index in [0.717, 1.165) is 24.8 Å². The smallest absolute Gasteiger partial charge is 0.176 e. The van der Waals surface area contributed by atoms with E-state index in [9.17, 15) is 4.79 Å². The van der Waals surface area contributed by atoms with Crippen LogP contribution in [0.2, 0.25) is 0 Å². The second kappa shape index (κ2) is 5.06. The third-order valence-corrected chi connectivity index (χ3v) is 3.99. The zero-order valence-electron chi connectivity index (χ0n) is 11.3. The minimum atomic E-state index is -0.673. The highest BCUT2D eigenvalue weighted by Crippen LogP contribution is 2.42. The van der Waals surface area contributed by atoms with Crippen LogP contribution < -0.4 is 0 Å². The van der Waals surface area contributed by atoms with Crippen molar-refractivity contribution in [3.8, 4) is 0 Å². The molecule has 0 radical (unpaired) electrons. The van der Waals surface area contributed by atoms with Crippen molar-refractivity contribution in [1.82, 2.24) is 0 Å². The first-order valence-corrected chi connectivity index (χ1v) is 7.09. The predicted octanol–water partition coefficient (Wildman–Crippen LogP) is 3.39. The first kappa shape index (κ1) is 12.8. The maximum Gasteiger partial charge on any atom is 0.176 e. The molecule has 2 aliphatic heterocycles. The second-order valence-corrected chi connectivity index (χ2v) is 5.67. The molecule has 0 unspecified atom stereocenters. The molecular weight excluding hydrogens is 240 g/mol. The van der Waals surface area contributed by atoms with Crippen molar-refractivity contribution >= 4 is 5.78 Å². The molecule has 1 aromatic carbocycles. The van der Waals surface area contributed by atoms with E-state index in [1.54, 1.807) is 0 Å². The van der Waals surface area contributed by atoms with Gasteiger partial charge in [0.15, 0.2) is 5.79 Å². The van der Waals surface area contributed by atoms with Crippen LogP contribution in [0.5, 0.6) is 0 Å². The van der Waals surface area contributed by atoms with E-state index in [2.05, 4.69) is 6.92 Å². The molecular formula is C16H20O3. The second-order valence-electron chi connectivity index (χ2n) is 5.67. The maximum atomic E-state index is 12.1. The first-order valence-electron chi connectivity index (χ1n) is 7.09. The molecule has 2 aliphatic rings. The zero-order valence-corrected chi connectivity index (χ0v) is 11.3. The zero-order chi connectivity index (χ0) is 13.3. The molecule has 19 heavy (non-hydrogen) atoms. The van der Waals surface area contributed by atoms with Gasteiger partial charge in [-0.25, -0.2) is 0 Å². The van der Waals surface area contributed by atoms with Crippen LogP contribution in [0.15, 0.2) is 30.3 Å². The lowest BCUT2D eigenvalue weighted by atomic mass is 9.90. The number of Topliss-reactive ketones (excluding diaryl/α,β-unsaturated/α-hetero) is 1. The molecule has 3 rings (SSSR count). The summed E-state index contributed by atoms with van der Waals surface area (Å²) in [6, 6.07) is 9.97. The number of hydrogen-bond acceptors (Lipinski definition) is 3. The number of hydrogen-bond donors (Lipinski definition) is 0. The number of ether oxygens (including phenoxy) is 2. The SMILES string of the molecule is C[C@@H]1CCC[C@]2(CC(=O)C[C@@H](c3ccccc3)O2)O1. The number of carbonyl (C=O) groups is 1. The molecule has 2 heterocycles. The highest BCUT2D eigenvalue weighted by molar-refractivity contribution is 5.80. The Morgan fingerprint density at radius 3 is 2.74 bits per heavy atom. The molecule has 2 saturated heterocycles. The average molecular weight is 260 g/mol. The van der Waals surface area contributed by atoms with Crippen LogP contribution in [0.3, 0.4) is 0 Å². The van der Waals surface area contributed by atoms with Crippen molar-refractivity contribution < 1.29 is 14.3 Å². The molecule has 0 N–H and O–H groups in total. The van der Waals surface area contributed by atoms with Crippen LogP contribution in [-0.4, -0.2) is 17.7 Å². The summed E-state index contributed by atoms with van der Waals surface area (Å²) < 4.78 is 12.2.